The number of aromatic nitrogens is 4. The lowest BCUT2D eigenvalue weighted by Crippen LogP contribution is -2.29. The molecule has 3 aliphatic rings. The van der Waals surface area contributed by atoms with Crippen LogP contribution in [0.1, 0.15) is 56.4 Å². The summed E-state index contributed by atoms with van der Waals surface area (Å²) in [5, 5.41) is 14.3. The van der Waals surface area contributed by atoms with Gasteiger partial charge in [-0.3, -0.25) is 9.59 Å². The number of benzene rings is 1. The van der Waals surface area contributed by atoms with Gasteiger partial charge in [0, 0.05) is 25.5 Å². The number of carbonyl (C=O) groups is 2. The van der Waals surface area contributed by atoms with Crippen LogP contribution < -0.4 is 10.6 Å². The highest BCUT2D eigenvalue weighted by molar-refractivity contribution is 7.92. The Hall–Kier alpha value is -3.16. The molecule has 13 heteroatoms. The van der Waals surface area contributed by atoms with Crippen molar-refractivity contribution in [2.75, 3.05) is 18.5 Å². The van der Waals surface area contributed by atoms with Gasteiger partial charge in [-0.05, 0) is 68.6 Å². The molecule has 1 unspecified atom stereocenters. The van der Waals surface area contributed by atoms with Crippen LogP contribution in [0.3, 0.4) is 0 Å². The summed E-state index contributed by atoms with van der Waals surface area (Å²) >= 11 is 1.28. The molecule has 3 fully saturated rings. The zero-order valence-corrected chi connectivity index (χ0v) is 23.6. The van der Waals surface area contributed by atoms with Crippen molar-refractivity contribution in [3.8, 4) is 10.6 Å². The number of hydrogen-bond acceptors (Lipinski definition) is 9. The van der Waals surface area contributed by atoms with E-state index >= 15 is 0 Å². The molecule has 3 heterocycles. The second kappa shape index (κ2) is 11.4. The first-order chi connectivity index (χ1) is 19.3. The number of nitrogens with zero attached hydrogens (tertiary/aromatic N) is 4. The molecule has 11 nitrogen and oxygen atoms in total. The van der Waals surface area contributed by atoms with Crippen LogP contribution in [0.4, 0.5) is 5.13 Å². The molecule has 0 bridgehead atoms. The van der Waals surface area contributed by atoms with E-state index in [9.17, 15) is 18.0 Å². The fourth-order valence-corrected chi connectivity index (χ4v) is 7.38. The van der Waals surface area contributed by atoms with Crippen LogP contribution in [-0.4, -0.2) is 64.7 Å². The van der Waals surface area contributed by atoms with E-state index < -0.39 is 15.8 Å². The molecule has 2 amide bonds. The molecule has 2 aliphatic carbocycles. The predicted molar refractivity (Wildman–Crippen MR) is 148 cm³/mol. The van der Waals surface area contributed by atoms with Crippen molar-refractivity contribution in [2.45, 2.75) is 73.6 Å². The minimum absolute atomic E-state index is 0.0926. The van der Waals surface area contributed by atoms with Gasteiger partial charge in [-0.1, -0.05) is 28.7 Å². The Bertz CT molecular complexity index is 1470. The minimum Gasteiger partial charge on any atom is -0.381 e. The third kappa shape index (κ3) is 6.42. The molecule has 3 aromatic rings. The number of nitrogens with one attached hydrogen (secondary N) is 2. The average molecular weight is 585 g/mol. The molecular formula is C27H32N6O5S2. The van der Waals surface area contributed by atoms with E-state index in [1.165, 1.54) is 16.0 Å². The number of thiazole rings is 1. The van der Waals surface area contributed by atoms with E-state index in [-0.39, 0.29) is 29.7 Å². The minimum atomic E-state index is -3.30. The van der Waals surface area contributed by atoms with Crippen molar-refractivity contribution in [1.82, 2.24) is 25.3 Å². The maximum Gasteiger partial charge on any atom is 0.242 e. The predicted octanol–water partition coefficient (Wildman–Crippen LogP) is 3.16. The van der Waals surface area contributed by atoms with Crippen molar-refractivity contribution in [1.29, 1.82) is 0 Å². The summed E-state index contributed by atoms with van der Waals surface area (Å²) in [5.41, 5.74) is 1.35. The number of hydrogen-bond donors (Lipinski definition) is 2. The Kier molecular flexibility index (Phi) is 7.69. The fraction of sp³-hybridized carbons (Fsp3) is 0.519. The van der Waals surface area contributed by atoms with E-state index in [2.05, 4.69) is 25.9 Å². The average Bonchev–Trinajstić information content (AvgIpc) is 3.88. The number of sulfone groups is 1. The summed E-state index contributed by atoms with van der Waals surface area (Å²) in [6.07, 6.45) is 9.18. The molecule has 2 aromatic heterocycles. The smallest absolute Gasteiger partial charge is 0.242 e. The number of amides is 2. The zero-order valence-electron chi connectivity index (χ0n) is 22.0. The molecule has 1 aliphatic heterocycles. The Labute approximate surface area is 236 Å². The summed E-state index contributed by atoms with van der Waals surface area (Å²) in [5.74, 6) is -0.409. The standard InChI is InChI=1S/C27H32N6O5S2/c34-25(29-19-3-4-19)16-33-15-23(31-32-33)24-14-28-27(39-24)30-26(35)22(13-17-9-11-38-12-10-17)18-1-5-20(6-2-18)40(36,37)21-7-8-21/h1-2,5-6,14-15,17,19,21-22H,3-4,7-13,16H2,(H,29,34)(H,28,30,35). The van der Waals surface area contributed by atoms with E-state index in [0.717, 1.165) is 36.1 Å². The number of carbonyl (C=O) groups excluding carboxylic acids is 2. The second-order valence-corrected chi connectivity index (χ2v) is 14.1. The molecule has 0 spiro atoms. The van der Waals surface area contributed by atoms with Crippen LogP contribution in [0.25, 0.3) is 10.6 Å². The number of rotatable bonds is 11. The van der Waals surface area contributed by atoms with Gasteiger partial charge in [0.05, 0.1) is 27.1 Å². The van der Waals surface area contributed by atoms with Gasteiger partial charge < -0.3 is 15.4 Å². The summed E-state index contributed by atoms with van der Waals surface area (Å²) < 4.78 is 32.3. The second-order valence-electron chi connectivity index (χ2n) is 10.8. The van der Waals surface area contributed by atoms with Crippen molar-refractivity contribution in [3.63, 3.8) is 0 Å². The lowest BCUT2D eigenvalue weighted by Gasteiger charge is -2.26. The Balaban J connectivity index is 1.15. The van der Waals surface area contributed by atoms with Crippen molar-refractivity contribution in [2.24, 2.45) is 5.92 Å². The Morgan fingerprint density at radius 2 is 1.82 bits per heavy atom. The van der Waals surface area contributed by atoms with Gasteiger partial charge in [0.1, 0.15) is 12.2 Å². The van der Waals surface area contributed by atoms with Crippen LogP contribution in [-0.2, 0) is 30.7 Å². The molecular weight excluding hydrogens is 552 g/mol. The van der Waals surface area contributed by atoms with Crippen molar-refractivity contribution in [3.05, 3.63) is 42.2 Å². The zero-order chi connectivity index (χ0) is 27.7. The fourth-order valence-electron chi connectivity index (χ4n) is 4.95. The third-order valence-electron chi connectivity index (χ3n) is 7.58. The van der Waals surface area contributed by atoms with Gasteiger partial charge in [0.2, 0.25) is 11.8 Å². The first-order valence-corrected chi connectivity index (χ1v) is 16.1. The van der Waals surface area contributed by atoms with E-state index in [4.69, 9.17) is 4.74 Å². The molecule has 40 heavy (non-hydrogen) atoms. The maximum absolute atomic E-state index is 13.6. The van der Waals surface area contributed by atoms with Crippen LogP contribution in [0.2, 0.25) is 0 Å². The van der Waals surface area contributed by atoms with Crippen LogP contribution >= 0.6 is 11.3 Å². The highest BCUT2D eigenvalue weighted by atomic mass is 32.2. The number of ether oxygens (including phenoxy) is 1. The van der Waals surface area contributed by atoms with Gasteiger partial charge in [-0.2, -0.15) is 0 Å². The molecule has 0 radical (unpaired) electrons. The van der Waals surface area contributed by atoms with Crippen LogP contribution in [0.15, 0.2) is 41.6 Å². The lowest BCUT2D eigenvalue weighted by molar-refractivity contribution is -0.122. The van der Waals surface area contributed by atoms with E-state index in [1.54, 1.807) is 36.7 Å². The summed E-state index contributed by atoms with van der Waals surface area (Å²) in [7, 11) is -3.30. The Morgan fingerprint density at radius 1 is 1.07 bits per heavy atom. The summed E-state index contributed by atoms with van der Waals surface area (Å²) in [6, 6.07) is 7.08. The molecule has 6 rings (SSSR count). The molecule has 2 N–H and O–H groups in total. The van der Waals surface area contributed by atoms with Gasteiger partial charge in [0.15, 0.2) is 15.0 Å². The first kappa shape index (κ1) is 27.0. The van der Waals surface area contributed by atoms with Gasteiger partial charge in [0.25, 0.3) is 0 Å². The van der Waals surface area contributed by atoms with Gasteiger partial charge >= 0.3 is 0 Å². The highest BCUT2D eigenvalue weighted by Crippen LogP contribution is 2.36. The lowest BCUT2D eigenvalue weighted by atomic mass is 9.84. The number of anilines is 1. The van der Waals surface area contributed by atoms with Gasteiger partial charge in [-0.25, -0.2) is 18.1 Å². The van der Waals surface area contributed by atoms with Crippen molar-refractivity contribution < 1.29 is 22.7 Å². The Morgan fingerprint density at radius 3 is 2.52 bits per heavy atom. The maximum atomic E-state index is 13.6. The molecule has 212 valence electrons. The molecule has 1 saturated heterocycles. The van der Waals surface area contributed by atoms with E-state index in [1.807, 2.05) is 0 Å². The van der Waals surface area contributed by atoms with Crippen LogP contribution in [0, 0.1) is 5.92 Å². The molecule has 1 aromatic carbocycles. The topological polar surface area (TPSA) is 145 Å². The highest BCUT2D eigenvalue weighted by Gasteiger charge is 2.37. The van der Waals surface area contributed by atoms with E-state index in [0.29, 0.717) is 54.1 Å². The summed E-state index contributed by atoms with van der Waals surface area (Å²) in [4.78, 5) is 31.1. The van der Waals surface area contributed by atoms with Crippen LogP contribution in [0.5, 0.6) is 0 Å². The van der Waals surface area contributed by atoms with Crippen molar-refractivity contribution >= 4 is 38.1 Å². The summed E-state index contributed by atoms with van der Waals surface area (Å²) in [6.45, 7) is 1.45. The monoisotopic (exact) mass is 584 g/mol. The SMILES string of the molecule is O=C(Cn1cc(-c2cnc(NC(=O)C(CC3CCOCC3)c3ccc(S(=O)(=O)C4CC4)cc3)s2)nn1)NC1CC1. The quantitative estimate of drug-likeness (QED) is 0.350. The molecule has 2 saturated carbocycles. The van der Waals surface area contributed by atoms with Gasteiger partial charge in [-0.15, -0.1) is 5.10 Å². The normalized spacial score (nSPS) is 18.8. The molecule has 1 atom stereocenters. The largest absolute Gasteiger partial charge is 0.381 e. The third-order valence-corrected chi connectivity index (χ3v) is 10.8. The first-order valence-electron chi connectivity index (χ1n) is 13.7.